The lowest BCUT2D eigenvalue weighted by atomic mass is 10.1. The summed E-state index contributed by atoms with van der Waals surface area (Å²) >= 11 is 9.58. The Morgan fingerprint density at radius 2 is 2.14 bits per heavy atom. The van der Waals surface area contributed by atoms with Gasteiger partial charge in [-0.2, -0.15) is 0 Å². The monoisotopic (exact) mass is 374 g/mol. The largest absolute Gasteiger partial charge is 0.444 e. The molecule has 0 unspecified atom stereocenters. The molecule has 1 amide bonds. The predicted molar refractivity (Wildman–Crippen MR) is 87.6 cm³/mol. The third-order valence-electron chi connectivity index (χ3n) is 3.12. The van der Waals surface area contributed by atoms with E-state index in [1.54, 1.807) is 4.90 Å². The summed E-state index contributed by atoms with van der Waals surface area (Å²) < 4.78 is 6.33. The lowest BCUT2D eigenvalue weighted by Gasteiger charge is -2.40. The van der Waals surface area contributed by atoms with Crippen LogP contribution in [0.15, 0.2) is 22.7 Å². The van der Waals surface area contributed by atoms with E-state index in [2.05, 4.69) is 21.2 Å². The number of nitrogens with one attached hydrogen (secondary N) is 1. The molecule has 1 heterocycles. The quantitative estimate of drug-likeness (QED) is 0.873. The molecule has 0 aromatic heterocycles. The topological polar surface area (TPSA) is 41.6 Å². The highest BCUT2D eigenvalue weighted by molar-refractivity contribution is 9.10. The third-order valence-corrected chi connectivity index (χ3v) is 3.98. The highest BCUT2D eigenvalue weighted by Gasteiger charge is 2.33. The average Bonchev–Trinajstić information content (AvgIpc) is 2.29. The number of likely N-dealkylation sites (tertiary alicyclic amines) is 1. The van der Waals surface area contributed by atoms with Gasteiger partial charge in [-0.05, 0) is 44.5 Å². The molecule has 0 atom stereocenters. The number of nitrogens with zero attached hydrogens (tertiary/aromatic N) is 1. The van der Waals surface area contributed by atoms with Crippen molar-refractivity contribution in [2.24, 2.45) is 0 Å². The number of benzene rings is 1. The van der Waals surface area contributed by atoms with Gasteiger partial charge in [-0.3, -0.25) is 0 Å². The van der Waals surface area contributed by atoms with Crippen LogP contribution in [0.3, 0.4) is 0 Å². The van der Waals surface area contributed by atoms with Gasteiger partial charge >= 0.3 is 6.09 Å². The Bertz CT molecular complexity index is 525. The van der Waals surface area contributed by atoms with E-state index in [9.17, 15) is 4.79 Å². The van der Waals surface area contributed by atoms with Crippen molar-refractivity contribution in [3.05, 3.63) is 33.3 Å². The standard InChI is InChI=1S/C15H20BrClN2O2/c1-15(2,3)21-14(20)19-8-12(9-19)18-7-10-6-11(16)4-5-13(10)17/h4-6,12,18H,7-9H2,1-3H3. The zero-order valence-electron chi connectivity index (χ0n) is 12.5. The van der Waals surface area contributed by atoms with Crippen LogP contribution in [-0.4, -0.2) is 35.7 Å². The minimum absolute atomic E-state index is 0.249. The van der Waals surface area contributed by atoms with Crippen LogP contribution in [0.25, 0.3) is 0 Å². The summed E-state index contributed by atoms with van der Waals surface area (Å²) in [5.41, 5.74) is 0.598. The molecule has 1 N–H and O–H groups in total. The van der Waals surface area contributed by atoms with E-state index >= 15 is 0 Å². The average molecular weight is 376 g/mol. The Kier molecular flexibility index (Phi) is 5.17. The zero-order chi connectivity index (χ0) is 15.6. The fraction of sp³-hybridized carbons (Fsp3) is 0.533. The van der Waals surface area contributed by atoms with Gasteiger partial charge in [0.05, 0.1) is 0 Å². The molecule has 1 fully saturated rings. The summed E-state index contributed by atoms with van der Waals surface area (Å²) in [6, 6.07) is 6.07. The first-order valence-corrected chi connectivity index (χ1v) is 8.07. The molecule has 0 spiro atoms. The van der Waals surface area contributed by atoms with Crippen molar-refractivity contribution >= 4 is 33.6 Å². The Morgan fingerprint density at radius 1 is 1.48 bits per heavy atom. The molecule has 1 saturated heterocycles. The lowest BCUT2D eigenvalue weighted by molar-refractivity contribution is 0.00519. The summed E-state index contributed by atoms with van der Waals surface area (Å²) in [5, 5.41) is 4.14. The zero-order valence-corrected chi connectivity index (χ0v) is 14.8. The summed E-state index contributed by atoms with van der Waals surface area (Å²) in [4.78, 5) is 13.5. The molecule has 116 valence electrons. The van der Waals surface area contributed by atoms with E-state index in [1.807, 2.05) is 39.0 Å². The van der Waals surface area contributed by atoms with Crippen LogP contribution in [-0.2, 0) is 11.3 Å². The van der Waals surface area contributed by atoms with Crippen molar-refractivity contribution in [2.75, 3.05) is 13.1 Å². The second kappa shape index (κ2) is 6.55. The fourth-order valence-electron chi connectivity index (χ4n) is 2.02. The van der Waals surface area contributed by atoms with Gasteiger partial charge < -0.3 is 15.0 Å². The van der Waals surface area contributed by atoms with Crippen LogP contribution in [0.1, 0.15) is 26.3 Å². The maximum Gasteiger partial charge on any atom is 0.410 e. The molecule has 0 radical (unpaired) electrons. The minimum atomic E-state index is -0.445. The van der Waals surface area contributed by atoms with E-state index in [-0.39, 0.29) is 12.1 Å². The molecular formula is C15H20BrClN2O2. The molecule has 21 heavy (non-hydrogen) atoms. The first-order chi connectivity index (χ1) is 9.74. The second-order valence-corrected chi connectivity index (χ2v) is 7.52. The Balaban J connectivity index is 1.76. The van der Waals surface area contributed by atoms with E-state index in [1.165, 1.54) is 0 Å². The first kappa shape index (κ1) is 16.6. The van der Waals surface area contributed by atoms with Gasteiger partial charge in [0.1, 0.15) is 5.60 Å². The van der Waals surface area contributed by atoms with E-state index in [0.717, 1.165) is 15.1 Å². The van der Waals surface area contributed by atoms with Gasteiger partial charge in [0.2, 0.25) is 0 Å². The minimum Gasteiger partial charge on any atom is -0.444 e. The van der Waals surface area contributed by atoms with Crippen molar-refractivity contribution < 1.29 is 9.53 Å². The molecular weight excluding hydrogens is 356 g/mol. The Morgan fingerprint density at radius 3 is 2.76 bits per heavy atom. The number of carbonyl (C=O) groups excluding carboxylic acids is 1. The Labute approximate surface area is 138 Å². The molecule has 1 aromatic carbocycles. The molecule has 0 bridgehead atoms. The third kappa shape index (κ3) is 4.87. The van der Waals surface area contributed by atoms with E-state index in [0.29, 0.717) is 19.6 Å². The fourth-order valence-corrected chi connectivity index (χ4v) is 2.61. The maximum absolute atomic E-state index is 11.8. The molecule has 6 heteroatoms. The SMILES string of the molecule is CC(C)(C)OC(=O)N1CC(NCc2cc(Br)ccc2Cl)C1. The molecule has 2 rings (SSSR count). The number of rotatable bonds is 3. The predicted octanol–water partition coefficient (Wildman–Crippen LogP) is 3.81. The van der Waals surface area contributed by atoms with Gasteiger partial charge in [-0.15, -0.1) is 0 Å². The summed E-state index contributed by atoms with van der Waals surface area (Å²) in [5.74, 6) is 0. The number of hydrogen-bond donors (Lipinski definition) is 1. The second-order valence-electron chi connectivity index (χ2n) is 6.20. The van der Waals surface area contributed by atoms with Gasteiger partial charge in [0.15, 0.2) is 0 Å². The highest BCUT2D eigenvalue weighted by atomic mass is 79.9. The van der Waals surface area contributed by atoms with Crippen LogP contribution < -0.4 is 5.32 Å². The van der Waals surface area contributed by atoms with E-state index in [4.69, 9.17) is 16.3 Å². The summed E-state index contributed by atoms with van der Waals surface area (Å²) in [6.45, 7) is 7.63. The smallest absolute Gasteiger partial charge is 0.410 e. The van der Waals surface area contributed by atoms with Crippen LogP contribution in [0.5, 0.6) is 0 Å². The normalized spacial score (nSPS) is 15.8. The number of amides is 1. The molecule has 0 saturated carbocycles. The highest BCUT2D eigenvalue weighted by Crippen LogP contribution is 2.21. The van der Waals surface area contributed by atoms with Crippen LogP contribution >= 0.6 is 27.5 Å². The van der Waals surface area contributed by atoms with Gasteiger partial charge in [0.25, 0.3) is 0 Å². The number of carbonyl (C=O) groups is 1. The van der Waals surface area contributed by atoms with Crippen molar-refractivity contribution in [1.82, 2.24) is 10.2 Å². The van der Waals surface area contributed by atoms with Gasteiger partial charge in [-0.25, -0.2) is 4.79 Å². The molecule has 1 aliphatic heterocycles. The molecule has 0 aliphatic carbocycles. The van der Waals surface area contributed by atoms with Crippen LogP contribution in [0.2, 0.25) is 5.02 Å². The van der Waals surface area contributed by atoms with Crippen molar-refractivity contribution in [3.63, 3.8) is 0 Å². The summed E-state index contributed by atoms with van der Waals surface area (Å²) in [7, 11) is 0. The van der Waals surface area contributed by atoms with Crippen molar-refractivity contribution in [3.8, 4) is 0 Å². The number of ether oxygens (including phenoxy) is 1. The lowest BCUT2D eigenvalue weighted by Crippen LogP contribution is -2.60. The summed E-state index contributed by atoms with van der Waals surface area (Å²) in [6.07, 6.45) is -0.249. The Hall–Kier alpha value is -0.780. The maximum atomic E-state index is 11.8. The first-order valence-electron chi connectivity index (χ1n) is 6.90. The molecule has 4 nitrogen and oxygen atoms in total. The van der Waals surface area contributed by atoms with Gasteiger partial charge in [-0.1, -0.05) is 27.5 Å². The van der Waals surface area contributed by atoms with Crippen molar-refractivity contribution in [2.45, 2.75) is 39.0 Å². The number of hydrogen-bond acceptors (Lipinski definition) is 3. The number of halogens is 2. The van der Waals surface area contributed by atoms with Crippen LogP contribution in [0.4, 0.5) is 4.79 Å². The van der Waals surface area contributed by atoms with Crippen molar-refractivity contribution in [1.29, 1.82) is 0 Å². The molecule has 1 aromatic rings. The molecule has 1 aliphatic rings. The van der Waals surface area contributed by atoms with E-state index < -0.39 is 5.60 Å². The van der Waals surface area contributed by atoms with Crippen LogP contribution in [0, 0.1) is 0 Å². The van der Waals surface area contributed by atoms with Gasteiger partial charge in [0, 0.05) is 35.2 Å².